The van der Waals surface area contributed by atoms with Crippen LogP contribution in [0.2, 0.25) is 0 Å². The summed E-state index contributed by atoms with van der Waals surface area (Å²) < 4.78 is 0. The molecule has 0 saturated carbocycles. The van der Waals surface area contributed by atoms with Gasteiger partial charge in [0.2, 0.25) is 0 Å². The molecule has 1 aliphatic heterocycles. The number of hydrogen-bond donors (Lipinski definition) is 2. The number of thiocarbonyl (C=S) groups is 2. The maximum absolute atomic E-state index is 4.59. The van der Waals surface area contributed by atoms with Crippen molar-refractivity contribution in [3.05, 3.63) is 0 Å². The van der Waals surface area contributed by atoms with E-state index >= 15 is 0 Å². The molecule has 1 rings (SSSR count). The van der Waals surface area contributed by atoms with Crippen LogP contribution in [-0.2, 0) is 0 Å². The molecule has 1 fully saturated rings. The molecule has 1 aliphatic rings. The minimum Gasteiger partial charge on any atom is -0.287 e. The molecule has 0 aliphatic carbocycles. The fourth-order valence-corrected chi connectivity index (χ4v) is 0.369. The molecule has 0 aromatic carbocycles. The number of hydrazine groups is 1. The molecule has 0 radical (unpaired) electrons. The van der Waals surface area contributed by atoms with Gasteiger partial charge in [0.1, 0.15) is 0 Å². The normalized spacial score (nSPS) is 18.0. The molecule has 0 aromatic rings. The van der Waals surface area contributed by atoms with Gasteiger partial charge in [-0.2, -0.15) is 0 Å². The maximum Gasteiger partial charge on any atom is 0.154 e. The van der Waals surface area contributed by atoms with Gasteiger partial charge >= 0.3 is 0 Å². The first-order chi connectivity index (χ1) is 2.80. The standard InChI is InChI=1S/C2H2N2S2/c5-1-2(6)4-3-1/h(H,3,5)(H,4,6). The van der Waals surface area contributed by atoms with E-state index in [1.807, 2.05) is 0 Å². The summed E-state index contributed by atoms with van der Waals surface area (Å²) in [6.45, 7) is 0. The Balaban J connectivity index is 2.61. The number of rotatable bonds is 0. The second-order valence-electron chi connectivity index (χ2n) is 0.908. The van der Waals surface area contributed by atoms with Gasteiger partial charge in [0, 0.05) is 0 Å². The fraction of sp³-hybridized carbons (Fsp3) is 0. The second kappa shape index (κ2) is 1.13. The zero-order valence-corrected chi connectivity index (χ0v) is 4.45. The lowest BCUT2D eigenvalue weighted by Gasteiger charge is -2.19. The highest BCUT2D eigenvalue weighted by atomic mass is 32.1. The first-order valence-corrected chi connectivity index (χ1v) is 2.22. The predicted octanol–water partition coefficient (Wildman–Crippen LogP) is -0.251. The van der Waals surface area contributed by atoms with E-state index in [2.05, 4.69) is 35.3 Å². The van der Waals surface area contributed by atoms with Gasteiger partial charge in [0.25, 0.3) is 0 Å². The molecule has 0 aromatic heterocycles. The van der Waals surface area contributed by atoms with Crippen LogP contribution >= 0.6 is 24.4 Å². The number of nitrogens with one attached hydrogen (secondary N) is 2. The van der Waals surface area contributed by atoms with Gasteiger partial charge in [0.15, 0.2) is 9.98 Å². The summed E-state index contributed by atoms with van der Waals surface area (Å²) in [5.74, 6) is 0. The van der Waals surface area contributed by atoms with E-state index in [1.54, 1.807) is 0 Å². The van der Waals surface area contributed by atoms with E-state index in [0.29, 0.717) is 9.98 Å². The van der Waals surface area contributed by atoms with Crippen LogP contribution in [0, 0.1) is 0 Å². The van der Waals surface area contributed by atoms with Crippen LogP contribution in [0.1, 0.15) is 0 Å². The largest absolute Gasteiger partial charge is 0.287 e. The third kappa shape index (κ3) is 0.379. The van der Waals surface area contributed by atoms with Gasteiger partial charge in [-0.1, -0.05) is 24.4 Å². The number of hydrogen-bond acceptors (Lipinski definition) is 2. The SMILES string of the molecule is S=C1NNC1=S. The zero-order valence-electron chi connectivity index (χ0n) is 2.82. The van der Waals surface area contributed by atoms with Crippen molar-refractivity contribution in [3.8, 4) is 0 Å². The van der Waals surface area contributed by atoms with Crippen molar-refractivity contribution in [2.24, 2.45) is 0 Å². The summed E-state index contributed by atoms with van der Waals surface area (Å²) in [6.07, 6.45) is 0. The average molecular weight is 118 g/mol. The molecule has 0 atom stereocenters. The van der Waals surface area contributed by atoms with E-state index < -0.39 is 0 Å². The van der Waals surface area contributed by atoms with Crippen molar-refractivity contribution < 1.29 is 0 Å². The Hall–Kier alpha value is -0.220. The van der Waals surface area contributed by atoms with Crippen molar-refractivity contribution in [1.82, 2.24) is 10.9 Å². The summed E-state index contributed by atoms with van der Waals surface area (Å²) in [5.41, 5.74) is 5.20. The molecule has 0 spiro atoms. The molecular weight excluding hydrogens is 116 g/mol. The Labute approximate surface area is 45.9 Å². The van der Waals surface area contributed by atoms with Gasteiger partial charge in [-0.15, -0.1) is 0 Å². The van der Waals surface area contributed by atoms with Gasteiger partial charge in [-0.25, -0.2) is 0 Å². The van der Waals surface area contributed by atoms with Crippen molar-refractivity contribution in [1.29, 1.82) is 0 Å². The monoisotopic (exact) mass is 118 g/mol. The van der Waals surface area contributed by atoms with E-state index in [1.165, 1.54) is 0 Å². The molecule has 0 bridgehead atoms. The van der Waals surface area contributed by atoms with Gasteiger partial charge in [-0.3, -0.25) is 10.9 Å². The first kappa shape index (κ1) is 3.95. The molecule has 1 heterocycles. The Morgan fingerprint density at radius 2 is 1.33 bits per heavy atom. The molecule has 4 heteroatoms. The predicted molar refractivity (Wildman–Crippen MR) is 31.5 cm³/mol. The van der Waals surface area contributed by atoms with Gasteiger partial charge < -0.3 is 0 Å². The first-order valence-electron chi connectivity index (χ1n) is 1.41. The Morgan fingerprint density at radius 1 is 1.00 bits per heavy atom. The lowest BCUT2D eigenvalue weighted by Crippen LogP contribution is -2.58. The maximum atomic E-state index is 4.59. The van der Waals surface area contributed by atoms with Gasteiger partial charge in [0.05, 0.1) is 0 Å². The molecule has 6 heavy (non-hydrogen) atoms. The summed E-state index contributed by atoms with van der Waals surface area (Å²) in [4.78, 5) is 1.29. The van der Waals surface area contributed by atoms with Crippen LogP contribution in [0.5, 0.6) is 0 Å². The van der Waals surface area contributed by atoms with E-state index in [4.69, 9.17) is 0 Å². The highest BCUT2D eigenvalue weighted by Crippen LogP contribution is 1.81. The van der Waals surface area contributed by atoms with Crippen LogP contribution in [0.3, 0.4) is 0 Å². The highest BCUT2D eigenvalue weighted by molar-refractivity contribution is 7.89. The highest BCUT2D eigenvalue weighted by Gasteiger charge is 2.11. The van der Waals surface area contributed by atoms with Crippen LogP contribution < -0.4 is 10.9 Å². The molecule has 0 amide bonds. The summed E-state index contributed by atoms with van der Waals surface area (Å²) in [7, 11) is 0. The van der Waals surface area contributed by atoms with E-state index in [0.717, 1.165) is 0 Å². The van der Waals surface area contributed by atoms with Crippen LogP contribution in [0.15, 0.2) is 0 Å². The minimum absolute atomic E-state index is 0.644. The Bertz CT molecular complexity index is 94.1. The van der Waals surface area contributed by atoms with Crippen molar-refractivity contribution >= 4 is 34.4 Å². The lowest BCUT2D eigenvalue weighted by molar-refractivity contribution is 0.849. The van der Waals surface area contributed by atoms with Crippen molar-refractivity contribution in [2.45, 2.75) is 0 Å². The molecule has 2 nitrogen and oxygen atoms in total. The van der Waals surface area contributed by atoms with Gasteiger partial charge in [-0.05, 0) is 0 Å². The van der Waals surface area contributed by atoms with E-state index in [-0.39, 0.29) is 0 Å². The minimum atomic E-state index is 0.644. The summed E-state index contributed by atoms with van der Waals surface area (Å²) in [5, 5.41) is 0. The van der Waals surface area contributed by atoms with Crippen molar-refractivity contribution in [3.63, 3.8) is 0 Å². The molecular formula is C2H2N2S2. The Morgan fingerprint density at radius 3 is 1.33 bits per heavy atom. The summed E-state index contributed by atoms with van der Waals surface area (Å²) in [6, 6.07) is 0. The molecule has 0 unspecified atom stereocenters. The smallest absolute Gasteiger partial charge is 0.154 e. The van der Waals surface area contributed by atoms with Crippen LogP contribution in [0.25, 0.3) is 0 Å². The fourth-order valence-electron chi connectivity index (χ4n) is 0.165. The van der Waals surface area contributed by atoms with Crippen LogP contribution in [-0.4, -0.2) is 9.98 Å². The quantitative estimate of drug-likeness (QED) is 0.428. The molecule has 1 saturated heterocycles. The average Bonchev–Trinajstić information content (AvgIpc) is 1.61. The summed E-state index contributed by atoms with van der Waals surface area (Å²) >= 11 is 9.18. The lowest BCUT2D eigenvalue weighted by atomic mass is 10.6. The molecule has 32 valence electrons. The van der Waals surface area contributed by atoms with E-state index in [9.17, 15) is 0 Å². The zero-order chi connectivity index (χ0) is 4.57. The molecule has 2 N–H and O–H groups in total. The topological polar surface area (TPSA) is 24.1 Å². The Kier molecular flexibility index (Phi) is 0.743. The van der Waals surface area contributed by atoms with Crippen LogP contribution in [0.4, 0.5) is 0 Å². The van der Waals surface area contributed by atoms with Crippen molar-refractivity contribution in [2.75, 3.05) is 0 Å². The third-order valence-corrected chi connectivity index (χ3v) is 1.24. The second-order valence-corrected chi connectivity index (χ2v) is 1.72. The third-order valence-electron chi connectivity index (χ3n) is 0.496.